The summed E-state index contributed by atoms with van der Waals surface area (Å²) in [6.45, 7) is 6.08. The summed E-state index contributed by atoms with van der Waals surface area (Å²) in [6.07, 6.45) is 3.32. The van der Waals surface area contributed by atoms with Gasteiger partial charge >= 0.3 is 0 Å². The molecule has 1 aliphatic rings. The van der Waals surface area contributed by atoms with Crippen molar-refractivity contribution in [2.45, 2.75) is 33.1 Å². The van der Waals surface area contributed by atoms with Gasteiger partial charge in [0.25, 0.3) is 5.91 Å². The summed E-state index contributed by atoms with van der Waals surface area (Å²) < 4.78 is 5.44. The van der Waals surface area contributed by atoms with Crippen LogP contribution in [0.3, 0.4) is 0 Å². The number of nitrogens with one attached hydrogen (secondary N) is 1. The number of ether oxygens (including phenoxy) is 1. The number of hydrogen-bond acceptors (Lipinski definition) is 5. The van der Waals surface area contributed by atoms with Crippen LogP contribution in [0.4, 0.5) is 11.6 Å². The highest BCUT2D eigenvalue weighted by Gasteiger charge is 2.20. The average Bonchev–Trinajstić information content (AvgIpc) is 2.63. The Balaban J connectivity index is 1.75. The van der Waals surface area contributed by atoms with E-state index in [-0.39, 0.29) is 5.91 Å². The number of rotatable bonds is 5. The van der Waals surface area contributed by atoms with Crippen LogP contribution >= 0.6 is 0 Å². The third-order valence-electron chi connectivity index (χ3n) is 4.14. The predicted molar refractivity (Wildman–Crippen MR) is 97.4 cm³/mol. The number of piperidine rings is 1. The minimum atomic E-state index is -0.0139. The van der Waals surface area contributed by atoms with Gasteiger partial charge in [-0.25, -0.2) is 9.97 Å². The standard InChI is InChI=1S/C19H24N4O2/c1-3-25-16-9-7-15(8-10-16)21-19-20-14(2)13-17(22-19)18(24)23-11-5-4-6-12-23/h7-10,13H,3-6,11-12H2,1-2H3,(H,20,21,22). The van der Waals surface area contributed by atoms with Crippen molar-refractivity contribution in [3.8, 4) is 5.75 Å². The molecule has 1 fully saturated rings. The van der Waals surface area contributed by atoms with Gasteiger partial charge in [0, 0.05) is 24.5 Å². The van der Waals surface area contributed by atoms with Crippen molar-refractivity contribution in [2.24, 2.45) is 0 Å². The molecule has 25 heavy (non-hydrogen) atoms. The molecular weight excluding hydrogens is 316 g/mol. The van der Waals surface area contributed by atoms with Crippen LogP contribution in [-0.4, -0.2) is 40.5 Å². The number of amides is 1. The maximum Gasteiger partial charge on any atom is 0.272 e. The summed E-state index contributed by atoms with van der Waals surface area (Å²) in [7, 11) is 0. The van der Waals surface area contributed by atoms with Gasteiger partial charge in [0.1, 0.15) is 11.4 Å². The molecule has 0 saturated carbocycles. The summed E-state index contributed by atoms with van der Waals surface area (Å²) in [6, 6.07) is 9.34. The van der Waals surface area contributed by atoms with Crippen molar-refractivity contribution in [1.82, 2.24) is 14.9 Å². The molecule has 1 saturated heterocycles. The van der Waals surface area contributed by atoms with Crippen LogP contribution in [0.15, 0.2) is 30.3 Å². The maximum atomic E-state index is 12.7. The molecule has 0 radical (unpaired) electrons. The fourth-order valence-corrected chi connectivity index (χ4v) is 2.92. The van der Waals surface area contributed by atoms with E-state index >= 15 is 0 Å². The molecule has 0 atom stereocenters. The van der Waals surface area contributed by atoms with E-state index in [0.717, 1.165) is 43.1 Å². The number of likely N-dealkylation sites (tertiary alicyclic amines) is 1. The number of benzene rings is 1. The quantitative estimate of drug-likeness (QED) is 0.901. The molecule has 3 rings (SSSR count). The smallest absolute Gasteiger partial charge is 0.272 e. The summed E-state index contributed by atoms with van der Waals surface area (Å²) in [5.41, 5.74) is 2.07. The molecule has 2 heterocycles. The van der Waals surface area contributed by atoms with E-state index < -0.39 is 0 Å². The molecule has 1 aliphatic heterocycles. The van der Waals surface area contributed by atoms with Crippen LogP contribution in [0.25, 0.3) is 0 Å². The molecule has 0 aliphatic carbocycles. The molecule has 1 amide bonds. The highest BCUT2D eigenvalue weighted by molar-refractivity contribution is 5.92. The third-order valence-corrected chi connectivity index (χ3v) is 4.14. The Labute approximate surface area is 148 Å². The lowest BCUT2D eigenvalue weighted by atomic mass is 10.1. The molecule has 2 aromatic rings. The Morgan fingerprint density at radius 2 is 1.88 bits per heavy atom. The minimum absolute atomic E-state index is 0.0139. The first-order valence-electron chi connectivity index (χ1n) is 8.80. The third kappa shape index (κ3) is 4.47. The predicted octanol–water partition coefficient (Wildman–Crippen LogP) is 3.55. The van der Waals surface area contributed by atoms with Gasteiger partial charge in [-0.2, -0.15) is 0 Å². The maximum absolute atomic E-state index is 12.7. The number of carbonyl (C=O) groups is 1. The van der Waals surface area contributed by atoms with Gasteiger partial charge in [0.15, 0.2) is 0 Å². The lowest BCUT2D eigenvalue weighted by Gasteiger charge is -2.26. The summed E-state index contributed by atoms with van der Waals surface area (Å²) >= 11 is 0. The zero-order valence-corrected chi connectivity index (χ0v) is 14.8. The van der Waals surface area contributed by atoms with Gasteiger partial charge in [-0.1, -0.05) is 0 Å². The molecule has 1 aromatic carbocycles. The Kier molecular flexibility index (Phi) is 5.48. The van der Waals surface area contributed by atoms with E-state index in [1.807, 2.05) is 43.0 Å². The Hall–Kier alpha value is -2.63. The van der Waals surface area contributed by atoms with Gasteiger partial charge in [-0.3, -0.25) is 4.79 Å². The van der Waals surface area contributed by atoms with Crippen molar-refractivity contribution in [2.75, 3.05) is 25.0 Å². The van der Waals surface area contributed by atoms with E-state index in [9.17, 15) is 4.79 Å². The molecule has 0 bridgehead atoms. The van der Waals surface area contributed by atoms with Crippen LogP contribution in [0.2, 0.25) is 0 Å². The molecule has 132 valence electrons. The lowest BCUT2D eigenvalue weighted by molar-refractivity contribution is 0.0718. The first-order valence-corrected chi connectivity index (χ1v) is 8.80. The average molecular weight is 340 g/mol. The summed E-state index contributed by atoms with van der Waals surface area (Å²) in [5, 5.41) is 3.16. The fourth-order valence-electron chi connectivity index (χ4n) is 2.92. The summed E-state index contributed by atoms with van der Waals surface area (Å²) in [4.78, 5) is 23.4. The van der Waals surface area contributed by atoms with Crippen molar-refractivity contribution in [3.63, 3.8) is 0 Å². The second-order valence-electron chi connectivity index (χ2n) is 6.15. The Morgan fingerprint density at radius 1 is 1.16 bits per heavy atom. The lowest BCUT2D eigenvalue weighted by Crippen LogP contribution is -2.36. The SMILES string of the molecule is CCOc1ccc(Nc2nc(C)cc(C(=O)N3CCCCC3)n2)cc1. The Morgan fingerprint density at radius 3 is 2.56 bits per heavy atom. The second kappa shape index (κ2) is 7.96. The monoisotopic (exact) mass is 340 g/mol. The van der Waals surface area contributed by atoms with E-state index in [1.54, 1.807) is 6.07 Å². The van der Waals surface area contributed by atoms with E-state index in [2.05, 4.69) is 15.3 Å². The summed E-state index contributed by atoms with van der Waals surface area (Å²) in [5.74, 6) is 1.24. The number of nitrogens with zero attached hydrogens (tertiary/aromatic N) is 3. The van der Waals surface area contributed by atoms with Crippen molar-refractivity contribution in [3.05, 3.63) is 41.7 Å². The molecule has 6 nitrogen and oxygen atoms in total. The zero-order valence-electron chi connectivity index (χ0n) is 14.8. The van der Waals surface area contributed by atoms with Gasteiger partial charge in [-0.05, 0) is 63.4 Å². The molecule has 0 unspecified atom stereocenters. The minimum Gasteiger partial charge on any atom is -0.494 e. The molecule has 1 aromatic heterocycles. The number of carbonyl (C=O) groups excluding carboxylic acids is 1. The number of aromatic nitrogens is 2. The van der Waals surface area contributed by atoms with Gasteiger partial charge in [-0.15, -0.1) is 0 Å². The van der Waals surface area contributed by atoms with Gasteiger partial charge < -0.3 is 15.0 Å². The first-order chi connectivity index (χ1) is 12.2. The van der Waals surface area contributed by atoms with Crippen molar-refractivity contribution >= 4 is 17.5 Å². The largest absolute Gasteiger partial charge is 0.494 e. The molecule has 1 N–H and O–H groups in total. The van der Waals surface area contributed by atoms with E-state index in [1.165, 1.54) is 6.42 Å². The topological polar surface area (TPSA) is 67.3 Å². The van der Waals surface area contributed by atoms with E-state index in [4.69, 9.17) is 4.74 Å². The normalized spacial score (nSPS) is 14.2. The van der Waals surface area contributed by atoms with Crippen LogP contribution < -0.4 is 10.1 Å². The van der Waals surface area contributed by atoms with Gasteiger partial charge in [0.2, 0.25) is 5.95 Å². The zero-order chi connectivity index (χ0) is 17.6. The fraction of sp³-hybridized carbons (Fsp3) is 0.421. The number of anilines is 2. The molecule has 6 heteroatoms. The van der Waals surface area contributed by atoms with Crippen LogP contribution in [0, 0.1) is 6.92 Å². The van der Waals surface area contributed by atoms with Crippen molar-refractivity contribution in [1.29, 1.82) is 0 Å². The van der Waals surface area contributed by atoms with Gasteiger partial charge in [0.05, 0.1) is 6.61 Å². The van der Waals surface area contributed by atoms with Crippen LogP contribution in [0.1, 0.15) is 42.4 Å². The number of aryl methyl sites for hydroxylation is 1. The highest BCUT2D eigenvalue weighted by atomic mass is 16.5. The number of hydrogen-bond donors (Lipinski definition) is 1. The highest BCUT2D eigenvalue weighted by Crippen LogP contribution is 2.19. The Bertz CT molecular complexity index is 725. The van der Waals surface area contributed by atoms with Crippen molar-refractivity contribution < 1.29 is 9.53 Å². The van der Waals surface area contributed by atoms with Crippen LogP contribution in [-0.2, 0) is 0 Å². The molecule has 0 spiro atoms. The molecular formula is C19H24N4O2. The first kappa shape index (κ1) is 17.2. The van der Waals surface area contributed by atoms with E-state index in [0.29, 0.717) is 18.2 Å². The second-order valence-corrected chi connectivity index (χ2v) is 6.15. The van der Waals surface area contributed by atoms with Crippen LogP contribution in [0.5, 0.6) is 5.75 Å².